The van der Waals surface area contributed by atoms with Gasteiger partial charge in [0.25, 0.3) is 0 Å². The Morgan fingerprint density at radius 1 is 1.20 bits per heavy atom. The molecule has 1 N–H and O–H groups in total. The Labute approximate surface area is 124 Å². The highest BCUT2D eigenvalue weighted by molar-refractivity contribution is 5.76. The molecule has 0 bridgehead atoms. The summed E-state index contributed by atoms with van der Waals surface area (Å²) < 4.78 is 5.29. The van der Waals surface area contributed by atoms with Gasteiger partial charge < -0.3 is 15.0 Å². The maximum Gasteiger partial charge on any atom is 0.220 e. The number of amides is 1. The van der Waals surface area contributed by atoms with Crippen LogP contribution in [0.2, 0.25) is 0 Å². The van der Waals surface area contributed by atoms with Gasteiger partial charge in [0.15, 0.2) is 0 Å². The molecule has 0 atom stereocenters. The molecule has 0 radical (unpaired) electrons. The fourth-order valence-electron chi connectivity index (χ4n) is 2.72. The topological polar surface area (TPSA) is 41.6 Å². The molecule has 0 aromatic heterocycles. The number of nitrogens with one attached hydrogen (secondary N) is 1. The van der Waals surface area contributed by atoms with E-state index in [1.54, 1.807) is 0 Å². The Kier molecular flexibility index (Phi) is 9.67. The standard InChI is InChI=1S/C16H32N2O2/c1-3-18-11-8-15(9-12-18)14-16(19)17-10-6-5-7-13-20-4-2/h15H,3-14H2,1-2H3,(H,17,19). The van der Waals surface area contributed by atoms with Crippen LogP contribution in [0.1, 0.15) is 52.4 Å². The second kappa shape index (κ2) is 11.1. The lowest BCUT2D eigenvalue weighted by Gasteiger charge is -2.30. The fraction of sp³-hybridized carbons (Fsp3) is 0.938. The van der Waals surface area contributed by atoms with Gasteiger partial charge in [0.05, 0.1) is 0 Å². The minimum atomic E-state index is 0.241. The molecule has 20 heavy (non-hydrogen) atoms. The molecule has 1 heterocycles. The molecule has 4 heteroatoms. The summed E-state index contributed by atoms with van der Waals surface area (Å²) in [5.41, 5.74) is 0. The molecule has 0 aromatic rings. The van der Waals surface area contributed by atoms with Gasteiger partial charge in [-0.25, -0.2) is 0 Å². The SMILES string of the molecule is CCOCCCCCNC(=O)CC1CCN(CC)CC1. The number of nitrogens with zero attached hydrogens (tertiary/aromatic N) is 1. The quantitative estimate of drug-likeness (QED) is 0.627. The molecule has 0 aliphatic carbocycles. The third-order valence-corrected chi connectivity index (χ3v) is 4.12. The summed E-state index contributed by atoms with van der Waals surface area (Å²) >= 11 is 0. The molecule has 1 rings (SSSR count). The van der Waals surface area contributed by atoms with Crippen molar-refractivity contribution in [2.24, 2.45) is 5.92 Å². The largest absolute Gasteiger partial charge is 0.382 e. The van der Waals surface area contributed by atoms with Crippen molar-refractivity contribution in [3.8, 4) is 0 Å². The van der Waals surface area contributed by atoms with Crippen LogP contribution in [0.25, 0.3) is 0 Å². The van der Waals surface area contributed by atoms with Gasteiger partial charge in [-0.2, -0.15) is 0 Å². The average Bonchev–Trinajstić information content (AvgIpc) is 2.47. The van der Waals surface area contributed by atoms with Gasteiger partial charge in [0.1, 0.15) is 0 Å². The second-order valence-corrected chi connectivity index (χ2v) is 5.69. The van der Waals surface area contributed by atoms with Crippen LogP contribution in [-0.2, 0) is 9.53 Å². The lowest BCUT2D eigenvalue weighted by Crippen LogP contribution is -2.35. The summed E-state index contributed by atoms with van der Waals surface area (Å²) in [7, 11) is 0. The Morgan fingerprint density at radius 2 is 1.95 bits per heavy atom. The van der Waals surface area contributed by atoms with Gasteiger partial charge >= 0.3 is 0 Å². The number of unbranched alkanes of at least 4 members (excludes halogenated alkanes) is 2. The van der Waals surface area contributed by atoms with Crippen LogP contribution in [0.3, 0.4) is 0 Å². The monoisotopic (exact) mass is 284 g/mol. The zero-order valence-electron chi connectivity index (χ0n) is 13.3. The number of piperidine rings is 1. The minimum absolute atomic E-state index is 0.241. The fourth-order valence-corrected chi connectivity index (χ4v) is 2.72. The predicted octanol–water partition coefficient (Wildman–Crippen LogP) is 2.43. The molecule has 1 fully saturated rings. The minimum Gasteiger partial charge on any atom is -0.382 e. The van der Waals surface area contributed by atoms with Crippen LogP contribution in [0, 0.1) is 5.92 Å². The third kappa shape index (κ3) is 7.85. The first kappa shape index (κ1) is 17.4. The van der Waals surface area contributed by atoms with Crippen molar-refractivity contribution in [1.29, 1.82) is 0 Å². The number of hydrogen-bond donors (Lipinski definition) is 1. The summed E-state index contributed by atoms with van der Waals surface area (Å²) in [6.07, 6.45) is 6.36. The number of hydrogen-bond acceptors (Lipinski definition) is 3. The predicted molar refractivity (Wildman–Crippen MR) is 82.8 cm³/mol. The summed E-state index contributed by atoms with van der Waals surface area (Å²) in [6, 6.07) is 0. The molecular weight excluding hydrogens is 252 g/mol. The molecule has 118 valence electrons. The van der Waals surface area contributed by atoms with Crippen molar-refractivity contribution < 1.29 is 9.53 Å². The van der Waals surface area contributed by atoms with Crippen molar-refractivity contribution in [3.63, 3.8) is 0 Å². The Balaban J connectivity index is 1.95. The summed E-state index contributed by atoms with van der Waals surface area (Å²) in [6.45, 7) is 10.1. The molecule has 4 nitrogen and oxygen atoms in total. The zero-order chi connectivity index (χ0) is 14.6. The van der Waals surface area contributed by atoms with Crippen LogP contribution in [0.5, 0.6) is 0 Å². The van der Waals surface area contributed by atoms with Crippen molar-refractivity contribution in [2.45, 2.75) is 52.4 Å². The van der Waals surface area contributed by atoms with Crippen molar-refractivity contribution >= 4 is 5.91 Å². The van der Waals surface area contributed by atoms with Crippen LogP contribution in [0.4, 0.5) is 0 Å². The molecule has 1 aliphatic heterocycles. The van der Waals surface area contributed by atoms with E-state index in [2.05, 4.69) is 17.1 Å². The van der Waals surface area contributed by atoms with E-state index in [0.717, 1.165) is 65.1 Å². The molecule has 0 saturated carbocycles. The van der Waals surface area contributed by atoms with E-state index >= 15 is 0 Å². The van der Waals surface area contributed by atoms with E-state index in [-0.39, 0.29) is 5.91 Å². The van der Waals surface area contributed by atoms with Crippen molar-refractivity contribution in [2.75, 3.05) is 39.4 Å². The molecule has 1 amide bonds. The maximum absolute atomic E-state index is 11.8. The van der Waals surface area contributed by atoms with Crippen LogP contribution in [0.15, 0.2) is 0 Å². The highest BCUT2D eigenvalue weighted by atomic mass is 16.5. The number of rotatable bonds is 10. The van der Waals surface area contributed by atoms with Gasteiger partial charge in [-0.3, -0.25) is 4.79 Å². The van der Waals surface area contributed by atoms with E-state index in [1.165, 1.54) is 12.8 Å². The molecule has 1 saturated heterocycles. The Morgan fingerprint density at radius 3 is 2.60 bits per heavy atom. The first-order valence-corrected chi connectivity index (χ1v) is 8.33. The van der Waals surface area contributed by atoms with E-state index < -0.39 is 0 Å². The number of likely N-dealkylation sites (tertiary alicyclic amines) is 1. The normalized spacial score (nSPS) is 17.3. The van der Waals surface area contributed by atoms with Crippen molar-refractivity contribution in [1.82, 2.24) is 10.2 Å². The van der Waals surface area contributed by atoms with E-state index in [4.69, 9.17) is 4.74 Å². The molecule has 0 spiro atoms. The van der Waals surface area contributed by atoms with Gasteiger partial charge in [0, 0.05) is 26.2 Å². The van der Waals surface area contributed by atoms with Gasteiger partial charge in [-0.05, 0) is 64.6 Å². The van der Waals surface area contributed by atoms with Crippen molar-refractivity contribution in [3.05, 3.63) is 0 Å². The van der Waals surface area contributed by atoms with E-state index in [0.29, 0.717) is 5.92 Å². The molecule has 0 aromatic carbocycles. The summed E-state index contributed by atoms with van der Waals surface area (Å²) in [5, 5.41) is 3.05. The highest BCUT2D eigenvalue weighted by Gasteiger charge is 2.20. The number of ether oxygens (including phenoxy) is 1. The lowest BCUT2D eigenvalue weighted by atomic mass is 9.93. The smallest absolute Gasteiger partial charge is 0.220 e. The Hall–Kier alpha value is -0.610. The highest BCUT2D eigenvalue weighted by Crippen LogP contribution is 2.19. The first-order chi connectivity index (χ1) is 9.76. The summed E-state index contributed by atoms with van der Waals surface area (Å²) in [5.74, 6) is 0.834. The van der Waals surface area contributed by atoms with E-state index in [9.17, 15) is 4.79 Å². The zero-order valence-corrected chi connectivity index (χ0v) is 13.3. The average molecular weight is 284 g/mol. The van der Waals surface area contributed by atoms with Crippen LogP contribution >= 0.6 is 0 Å². The number of carbonyl (C=O) groups is 1. The van der Waals surface area contributed by atoms with Crippen LogP contribution < -0.4 is 5.32 Å². The molecular formula is C16H32N2O2. The lowest BCUT2D eigenvalue weighted by molar-refractivity contribution is -0.122. The van der Waals surface area contributed by atoms with Crippen LogP contribution in [-0.4, -0.2) is 50.2 Å². The van der Waals surface area contributed by atoms with E-state index in [1.807, 2.05) is 6.92 Å². The van der Waals surface area contributed by atoms with Gasteiger partial charge in [-0.1, -0.05) is 6.92 Å². The van der Waals surface area contributed by atoms with Gasteiger partial charge in [-0.15, -0.1) is 0 Å². The summed E-state index contributed by atoms with van der Waals surface area (Å²) in [4.78, 5) is 14.3. The number of carbonyl (C=O) groups excluding carboxylic acids is 1. The van der Waals surface area contributed by atoms with Gasteiger partial charge in [0.2, 0.25) is 5.91 Å². The first-order valence-electron chi connectivity index (χ1n) is 8.33. The molecule has 1 aliphatic rings. The maximum atomic E-state index is 11.8. The third-order valence-electron chi connectivity index (χ3n) is 4.12. The second-order valence-electron chi connectivity index (χ2n) is 5.69. The Bertz CT molecular complexity index is 251. The molecule has 0 unspecified atom stereocenters.